The van der Waals surface area contributed by atoms with Gasteiger partial charge in [0.1, 0.15) is 4.83 Å². The van der Waals surface area contributed by atoms with E-state index in [4.69, 9.17) is 4.74 Å². The molecule has 6 nitrogen and oxygen atoms in total. The van der Waals surface area contributed by atoms with Gasteiger partial charge in [-0.05, 0) is 37.0 Å². The molecule has 3 aromatic rings. The van der Waals surface area contributed by atoms with Gasteiger partial charge in [0.15, 0.2) is 0 Å². The summed E-state index contributed by atoms with van der Waals surface area (Å²) in [7, 11) is 0. The molecule has 144 valence electrons. The molecule has 7 heteroatoms. The third kappa shape index (κ3) is 3.04. The lowest BCUT2D eigenvalue weighted by atomic mass is 10.0. The lowest BCUT2D eigenvalue weighted by Crippen LogP contribution is -2.35. The molecule has 0 N–H and O–H groups in total. The Labute approximate surface area is 166 Å². The first-order valence-electron chi connectivity index (χ1n) is 9.66. The zero-order chi connectivity index (χ0) is 19.1. The van der Waals surface area contributed by atoms with Crippen molar-refractivity contribution in [2.75, 3.05) is 13.2 Å². The molecule has 0 spiro atoms. The Morgan fingerprint density at radius 3 is 2.93 bits per heavy atom. The van der Waals surface area contributed by atoms with E-state index in [1.54, 1.807) is 10.9 Å². The Morgan fingerprint density at radius 1 is 1.29 bits per heavy atom. The minimum Gasteiger partial charge on any atom is -0.376 e. The van der Waals surface area contributed by atoms with Crippen LogP contribution in [0.2, 0.25) is 0 Å². The zero-order valence-corrected chi connectivity index (χ0v) is 16.3. The molecule has 1 amide bonds. The highest BCUT2D eigenvalue weighted by Crippen LogP contribution is 2.32. The van der Waals surface area contributed by atoms with E-state index in [2.05, 4.69) is 4.98 Å². The molecule has 1 aromatic carbocycles. The maximum atomic E-state index is 13.1. The number of thiophene rings is 1. The number of amides is 1. The smallest absolute Gasteiger partial charge is 0.262 e. The van der Waals surface area contributed by atoms with Crippen LogP contribution in [-0.2, 0) is 24.2 Å². The van der Waals surface area contributed by atoms with E-state index >= 15 is 0 Å². The molecule has 2 aliphatic rings. The fraction of sp³-hybridized carbons (Fsp3) is 0.381. The lowest BCUT2D eigenvalue weighted by molar-refractivity contribution is 0.0737. The molecule has 0 unspecified atom stereocenters. The second kappa shape index (κ2) is 7.14. The van der Waals surface area contributed by atoms with Crippen LogP contribution in [0.3, 0.4) is 0 Å². The Balaban J connectivity index is 1.45. The van der Waals surface area contributed by atoms with Gasteiger partial charge in [0.05, 0.1) is 30.9 Å². The summed E-state index contributed by atoms with van der Waals surface area (Å²) in [6, 6.07) is 9.34. The quantitative estimate of drug-likeness (QED) is 0.684. The van der Waals surface area contributed by atoms with Crippen LogP contribution in [0.15, 0.2) is 41.5 Å². The van der Waals surface area contributed by atoms with Gasteiger partial charge in [-0.3, -0.25) is 14.2 Å². The molecule has 1 saturated heterocycles. The average molecular weight is 395 g/mol. The minimum atomic E-state index is 0.0147. The number of nitrogens with zero attached hydrogens (tertiary/aromatic N) is 3. The second-order valence-electron chi connectivity index (χ2n) is 7.36. The Kier molecular flexibility index (Phi) is 4.49. The number of hydrogen-bond acceptors (Lipinski definition) is 5. The first-order chi connectivity index (χ1) is 13.7. The van der Waals surface area contributed by atoms with Gasteiger partial charge in [0.25, 0.3) is 11.5 Å². The van der Waals surface area contributed by atoms with Gasteiger partial charge >= 0.3 is 0 Å². The molecule has 2 aliphatic heterocycles. The number of fused-ring (bicyclic) bond motifs is 3. The summed E-state index contributed by atoms with van der Waals surface area (Å²) in [5, 5.41) is 0.729. The minimum absolute atomic E-state index is 0.0147. The van der Waals surface area contributed by atoms with Crippen LogP contribution < -0.4 is 5.56 Å². The molecule has 5 rings (SSSR count). The van der Waals surface area contributed by atoms with Crippen LogP contribution in [0.25, 0.3) is 10.2 Å². The SMILES string of the molecule is O=C(c1ccccc1)N1CCc2c(sc3ncn(C[C@H]4CCCO4)c(=O)c23)C1. The Hall–Kier alpha value is -2.51. The Bertz CT molecular complexity index is 1080. The number of aromatic nitrogens is 2. The molecule has 1 fully saturated rings. The summed E-state index contributed by atoms with van der Waals surface area (Å²) in [4.78, 5) is 34.1. The van der Waals surface area contributed by atoms with Gasteiger partial charge in [-0.25, -0.2) is 4.98 Å². The van der Waals surface area contributed by atoms with E-state index in [0.717, 1.165) is 40.1 Å². The second-order valence-corrected chi connectivity index (χ2v) is 8.45. The van der Waals surface area contributed by atoms with Crippen molar-refractivity contribution in [1.29, 1.82) is 0 Å². The first kappa shape index (κ1) is 17.6. The number of rotatable bonds is 3. The maximum absolute atomic E-state index is 13.1. The van der Waals surface area contributed by atoms with Gasteiger partial charge < -0.3 is 9.64 Å². The summed E-state index contributed by atoms with van der Waals surface area (Å²) in [6.07, 6.45) is 4.47. The summed E-state index contributed by atoms with van der Waals surface area (Å²) in [5.74, 6) is 0.0347. The number of hydrogen-bond donors (Lipinski definition) is 0. The molecule has 0 saturated carbocycles. The average Bonchev–Trinajstić information content (AvgIpc) is 3.37. The summed E-state index contributed by atoms with van der Waals surface area (Å²) in [5.41, 5.74) is 1.78. The molecule has 0 aliphatic carbocycles. The number of ether oxygens (including phenoxy) is 1. The van der Waals surface area contributed by atoms with Gasteiger partial charge in [-0.1, -0.05) is 18.2 Å². The lowest BCUT2D eigenvalue weighted by Gasteiger charge is -2.27. The summed E-state index contributed by atoms with van der Waals surface area (Å²) < 4.78 is 7.36. The van der Waals surface area contributed by atoms with Crippen molar-refractivity contribution in [3.63, 3.8) is 0 Å². The molecular formula is C21H21N3O3S. The molecular weight excluding hydrogens is 374 g/mol. The molecule has 28 heavy (non-hydrogen) atoms. The van der Waals surface area contributed by atoms with E-state index in [9.17, 15) is 9.59 Å². The van der Waals surface area contributed by atoms with Crippen molar-refractivity contribution in [3.05, 3.63) is 63.0 Å². The number of carbonyl (C=O) groups is 1. The van der Waals surface area contributed by atoms with Crippen molar-refractivity contribution in [3.8, 4) is 0 Å². The van der Waals surface area contributed by atoms with Gasteiger partial charge in [-0.15, -0.1) is 11.3 Å². The number of benzene rings is 1. The fourth-order valence-corrected chi connectivity index (χ4v) is 5.29. The van der Waals surface area contributed by atoms with Gasteiger partial charge in [-0.2, -0.15) is 0 Å². The van der Waals surface area contributed by atoms with Crippen molar-refractivity contribution in [2.45, 2.75) is 38.5 Å². The van der Waals surface area contributed by atoms with E-state index in [1.165, 1.54) is 11.3 Å². The van der Waals surface area contributed by atoms with Crippen LogP contribution in [0.1, 0.15) is 33.6 Å². The van der Waals surface area contributed by atoms with E-state index in [0.29, 0.717) is 31.6 Å². The molecule has 0 radical (unpaired) electrons. The molecule has 2 aromatic heterocycles. The van der Waals surface area contributed by atoms with Gasteiger partial charge in [0.2, 0.25) is 0 Å². The van der Waals surface area contributed by atoms with Crippen LogP contribution in [0.4, 0.5) is 0 Å². The van der Waals surface area contributed by atoms with Crippen LogP contribution >= 0.6 is 11.3 Å². The van der Waals surface area contributed by atoms with Crippen molar-refractivity contribution < 1.29 is 9.53 Å². The van der Waals surface area contributed by atoms with E-state index < -0.39 is 0 Å². The largest absolute Gasteiger partial charge is 0.376 e. The monoisotopic (exact) mass is 395 g/mol. The summed E-state index contributed by atoms with van der Waals surface area (Å²) >= 11 is 1.53. The first-order valence-corrected chi connectivity index (χ1v) is 10.5. The summed E-state index contributed by atoms with van der Waals surface area (Å²) in [6.45, 7) is 2.49. The molecule has 4 heterocycles. The van der Waals surface area contributed by atoms with Crippen molar-refractivity contribution >= 4 is 27.5 Å². The van der Waals surface area contributed by atoms with E-state index in [1.807, 2.05) is 35.2 Å². The van der Waals surface area contributed by atoms with Gasteiger partial charge in [0, 0.05) is 23.6 Å². The normalized spacial score (nSPS) is 19.1. The predicted octanol–water partition coefficient (Wildman–Crippen LogP) is 2.84. The molecule has 0 bridgehead atoms. The highest BCUT2D eigenvalue weighted by molar-refractivity contribution is 7.18. The predicted molar refractivity (Wildman–Crippen MR) is 108 cm³/mol. The number of carbonyl (C=O) groups excluding carboxylic acids is 1. The maximum Gasteiger partial charge on any atom is 0.262 e. The standard InChI is InChI=1S/C21H21N3O3S/c25-20(14-5-2-1-3-6-14)23-9-8-16-17(12-23)28-19-18(16)21(26)24(13-22-19)11-15-7-4-10-27-15/h1-3,5-6,13,15H,4,7-12H2/t15-/m1/s1. The van der Waals surface area contributed by atoms with Crippen LogP contribution in [0, 0.1) is 0 Å². The van der Waals surface area contributed by atoms with Crippen molar-refractivity contribution in [2.24, 2.45) is 0 Å². The highest BCUT2D eigenvalue weighted by atomic mass is 32.1. The van der Waals surface area contributed by atoms with Crippen LogP contribution in [-0.4, -0.2) is 39.6 Å². The zero-order valence-electron chi connectivity index (χ0n) is 15.5. The Morgan fingerprint density at radius 2 is 2.14 bits per heavy atom. The highest BCUT2D eigenvalue weighted by Gasteiger charge is 2.27. The third-order valence-electron chi connectivity index (χ3n) is 5.56. The van der Waals surface area contributed by atoms with Crippen molar-refractivity contribution in [1.82, 2.24) is 14.5 Å². The topological polar surface area (TPSA) is 64.4 Å². The van der Waals surface area contributed by atoms with Crippen LogP contribution in [0.5, 0.6) is 0 Å². The van der Waals surface area contributed by atoms with E-state index in [-0.39, 0.29) is 17.6 Å². The third-order valence-corrected chi connectivity index (χ3v) is 6.68. The fourth-order valence-electron chi connectivity index (χ4n) is 4.09. The molecule has 1 atom stereocenters.